The van der Waals surface area contributed by atoms with Crippen molar-refractivity contribution in [3.8, 4) is 114 Å². The molecule has 3 aliphatic rings. The first-order valence-electron chi connectivity index (χ1n) is 41.9. The summed E-state index contributed by atoms with van der Waals surface area (Å²) in [7, 11) is 17.9. The predicted molar refractivity (Wildman–Crippen MR) is 532 cm³/mol. The van der Waals surface area contributed by atoms with E-state index in [0.29, 0.717) is 215 Å². The van der Waals surface area contributed by atoms with E-state index in [9.17, 15) is 36.7 Å². The third-order valence-electron chi connectivity index (χ3n) is 22.0. The maximum Gasteiger partial charge on any atom is 0.494 e. The average Bonchev–Trinajstić information content (AvgIpc) is 1.31. The van der Waals surface area contributed by atoms with E-state index in [0.717, 1.165) is 33.3 Å². The van der Waals surface area contributed by atoms with Crippen LogP contribution in [0.2, 0.25) is 0 Å². The number of morpholine rings is 2. The van der Waals surface area contributed by atoms with Gasteiger partial charge in [-0.15, -0.1) is 0 Å². The van der Waals surface area contributed by atoms with Crippen LogP contribution < -0.4 is 73.8 Å². The van der Waals surface area contributed by atoms with Crippen LogP contribution in [0.25, 0.3) is 78.0 Å². The number of aromatic nitrogens is 6. The maximum absolute atomic E-state index is 14.6. The second-order valence-corrected chi connectivity index (χ2v) is 33.6. The summed E-state index contributed by atoms with van der Waals surface area (Å²) in [5.41, 5.74) is 22.1. The molecule has 730 valence electrons. The quantitative estimate of drug-likeness (QED) is 0.0150. The van der Waals surface area contributed by atoms with Crippen LogP contribution >= 0.6 is 47.8 Å². The molecule has 0 atom stereocenters. The van der Waals surface area contributed by atoms with Crippen LogP contribution in [-0.2, 0) is 46.0 Å². The van der Waals surface area contributed by atoms with E-state index in [1.807, 2.05) is 86.0 Å². The van der Waals surface area contributed by atoms with Crippen LogP contribution in [0, 0.1) is 23.3 Å². The van der Waals surface area contributed by atoms with Gasteiger partial charge < -0.3 is 96.9 Å². The molecule has 0 unspecified atom stereocenters. The molecule has 0 spiro atoms. The number of nitrogen functional groups attached to an aromatic ring is 2. The number of hydrogen-bond acceptors (Lipinski definition) is 28. The first kappa shape index (κ1) is 108. The molecular formula is C100H108BBr3F4N10O20. The van der Waals surface area contributed by atoms with Gasteiger partial charge in [0, 0.05) is 85.6 Å². The number of ketones is 1. The van der Waals surface area contributed by atoms with E-state index in [-0.39, 0.29) is 74.2 Å². The lowest BCUT2D eigenvalue weighted by molar-refractivity contribution is -0.135. The van der Waals surface area contributed by atoms with E-state index < -0.39 is 17.4 Å². The normalized spacial score (nSPS) is 13.2. The molecule has 4 N–H and O–H groups in total. The molecule has 3 aromatic heterocycles. The summed E-state index contributed by atoms with van der Waals surface area (Å²) in [6.07, 6.45) is 5.74. The number of methoxy groups -OCH3 is 12. The van der Waals surface area contributed by atoms with Gasteiger partial charge in [-0.25, -0.2) is 32.5 Å². The number of fused-ring (bicyclic) bond motifs is 3. The number of hydrogen-bond donors (Lipinski definition) is 2. The smallest absolute Gasteiger partial charge is 0.493 e. The summed E-state index contributed by atoms with van der Waals surface area (Å²) < 4.78 is 142. The zero-order chi connectivity index (χ0) is 98.4. The van der Waals surface area contributed by atoms with E-state index >= 15 is 0 Å². The SMILES string of the molecule is C.C.CC1(C)OB(c2ccc(CC(=O)N3CCOCC3)cc2)OC1(C)C.COc1cc(-c2cnc3c(Br)cc(F)cc3n2)cc(OC)c1OC.COc1cc(-c2cnc3cc(F)cc(-c4ccc(CC(=O)N5CCOCC5)cc4)c3n2)cc(OC)c1OC.COc1cc(-c2cnc3cc(F)cc(Br)c3n2)cc(OC)c1OC.COc1cc(C(=O)C=O)cc(OC)c1OC.Nc1cc(F)cc(Br)c1N. The van der Waals surface area contributed by atoms with Gasteiger partial charge in [0.2, 0.25) is 40.6 Å². The fourth-order valence-corrected chi connectivity index (χ4v) is 15.6. The Bertz CT molecular complexity index is 6330. The lowest BCUT2D eigenvalue weighted by Gasteiger charge is -2.32. The Hall–Kier alpha value is -13.2. The zero-order valence-corrected chi connectivity index (χ0v) is 82.1. The fraction of sp³-hybridized carbons (Fsp3) is 0.300. The Morgan fingerprint density at radius 2 is 0.739 bits per heavy atom. The topological polar surface area (TPSA) is 352 Å². The highest BCUT2D eigenvalue weighted by Gasteiger charge is 2.52. The number of benzene rings is 10. The number of anilines is 2. The van der Waals surface area contributed by atoms with Gasteiger partial charge >= 0.3 is 7.12 Å². The summed E-state index contributed by atoms with van der Waals surface area (Å²) in [5.74, 6) is 3.60. The van der Waals surface area contributed by atoms with Crippen molar-refractivity contribution in [3.63, 3.8) is 0 Å². The van der Waals surface area contributed by atoms with Crippen LogP contribution in [0.4, 0.5) is 28.9 Å². The van der Waals surface area contributed by atoms with Crippen LogP contribution in [-0.4, -0.2) is 220 Å². The first-order chi connectivity index (χ1) is 65.2. The highest BCUT2D eigenvalue weighted by atomic mass is 79.9. The monoisotopic (exact) mass is 2090 g/mol. The number of halogens is 7. The molecule has 0 aliphatic carbocycles. The minimum absolute atomic E-state index is 0. The first-order valence-corrected chi connectivity index (χ1v) is 44.2. The molecule has 0 bridgehead atoms. The Balaban J connectivity index is 0.000000192. The Morgan fingerprint density at radius 3 is 1.12 bits per heavy atom. The molecule has 2 amide bonds. The van der Waals surface area contributed by atoms with Crippen molar-refractivity contribution < 1.29 is 112 Å². The van der Waals surface area contributed by atoms with Gasteiger partial charge in [-0.05, 0) is 177 Å². The molecular weight excluding hydrogens is 1990 g/mol. The Kier molecular flexibility index (Phi) is 39.0. The molecule has 138 heavy (non-hydrogen) atoms. The lowest BCUT2D eigenvalue weighted by atomic mass is 9.79. The molecule has 3 saturated heterocycles. The van der Waals surface area contributed by atoms with Crippen molar-refractivity contribution in [1.82, 2.24) is 39.7 Å². The lowest BCUT2D eigenvalue weighted by Crippen LogP contribution is -2.41. The number of nitrogens with zero attached hydrogens (tertiary/aromatic N) is 8. The highest BCUT2D eigenvalue weighted by Crippen LogP contribution is 2.46. The molecule has 3 aliphatic heterocycles. The number of carbonyl (C=O) groups is 4. The number of ether oxygens (including phenoxy) is 14. The average molecular weight is 2100 g/mol. The fourth-order valence-electron chi connectivity index (χ4n) is 14.2. The van der Waals surface area contributed by atoms with Gasteiger partial charge in [0.25, 0.3) is 0 Å². The minimum atomic E-state index is -0.640. The molecule has 0 radical (unpaired) electrons. The second kappa shape index (κ2) is 49.7. The number of aldehydes is 1. The van der Waals surface area contributed by atoms with Crippen LogP contribution in [0.1, 0.15) is 64.0 Å². The molecule has 16 rings (SSSR count). The molecule has 10 aromatic carbocycles. The second-order valence-electron chi connectivity index (χ2n) is 31.0. The number of carbonyl (C=O) groups excluding carboxylic acids is 4. The van der Waals surface area contributed by atoms with Crippen LogP contribution in [0.15, 0.2) is 178 Å². The summed E-state index contributed by atoms with van der Waals surface area (Å²) in [4.78, 5) is 77.3. The van der Waals surface area contributed by atoms with Crippen molar-refractivity contribution >= 4 is 129 Å². The van der Waals surface area contributed by atoms with Gasteiger partial charge in [-0.3, -0.25) is 34.1 Å². The van der Waals surface area contributed by atoms with Gasteiger partial charge in [0.15, 0.2) is 52.3 Å². The van der Waals surface area contributed by atoms with E-state index in [4.69, 9.17) is 92.1 Å². The summed E-state index contributed by atoms with van der Waals surface area (Å²) in [5, 5.41) is 0. The minimum Gasteiger partial charge on any atom is -0.493 e. The summed E-state index contributed by atoms with van der Waals surface area (Å²) in [6.45, 7) is 13.2. The van der Waals surface area contributed by atoms with Crippen molar-refractivity contribution in [2.45, 2.75) is 66.6 Å². The standard InChI is InChI=1S/C29H28FN3O5.C18H26BNO4.2C17H14BrFN2O3.C11H12O5.C6H6BrFN2.2CH4/c1-35-25-13-20(14-26(36-2)29(25)37-3)24-17-31-23-16-21(30)15-22(28(23)32-24)19-6-4-18(5-7-19)12-27(34)33-8-10-38-11-9-33;1-17(2)18(3,4)24-19(23-17)15-7-5-14(6-8-15)13-16(21)20-9-11-22-12-10-20;1-22-14-4-9(5-15(23-2)17(14)24-3)13-8-20-16-11(18)6-10(19)7-12(16)21-13;1-22-14-4-9(5-15(23-2)17(14)24-3)13-8-20-12-7-10(19)6-11(18)16(12)21-13;1-14-9-4-7(8(13)6-12)5-10(15-2)11(9)16-3;7-4-1-3(8)2-5(9)6(4)10;;/h4-7,13-17H,8-12H2,1-3H3;5-8H,9-13H2,1-4H3;2*4-8H,1-3H3;4-6H,1-3H3;1-2H,9-10H2;2*1H4. The molecule has 38 heteroatoms. The number of nitrogens with two attached hydrogens (primary N) is 2. The zero-order valence-electron chi connectivity index (χ0n) is 77.4. The number of amides is 2. The van der Waals surface area contributed by atoms with Crippen molar-refractivity contribution in [2.75, 3.05) is 149 Å². The largest absolute Gasteiger partial charge is 0.494 e. The third kappa shape index (κ3) is 26.4. The van der Waals surface area contributed by atoms with Crippen LogP contribution in [0.3, 0.4) is 0 Å². The van der Waals surface area contributed by atoms with Gasteiger partial charge in [0.05, 0.1) is 205 Å². The van der Waals surface area contributed by atoms with Crippen molar-refractivity contribution in [1.29, 1.82) is 0 Å². The van der Waals surface area contributed by atoms with Crippen LogP contribution in [0.5, 0.6) is 69.0 Å². The molecule has 0 saturated carbocycles. The van der Waals surface area contributed by atoms with Crippen molar-refractivity contribution in [2.24, 2.45) is 0 Å². The maximum atomic E-state index is 14.6. The van der Waals surface area contributed by atoms with Gasteiger partial charge in [-0.1, -0.05) is 63.4 Å². The summed E-state index contributed by atoms with van der Waals surface area (Å²) >= 11 is 9.67. The Labute approximate surface area is 823 Å². The molecule has 30 nitrogen and oxygen atoms in total. The van der Waals surface area contributed by atoms with Crippen molar-refractivity contribution in [3.05, 3.63) is 218 Å². The predicted octanol–water partition coefficient (Wildman–Crippen LogP) is 18.5. The molecule has 13 aromatic rings. The van der Waals surface area contributed by atoms with E-state index in [2.05, 4.69) is 72.7 Å². The molecule has 6 heterocycles. The number of Topliss-reactive ketones (excluding diaryl/α,β-unsaturated/α-hetero) is 1. The van der Waals surface area contributed by atoms with Gasteiger partial charge in [0.1, 0.15) is 34.3 Å². The van der Waals surface area contributed by atoms with E-state index in [1.165, 1.54) is 89.1 Å². The van der Waals surface area contributed by atoms with Gasteiger partial charge in [-0.2, -0.15) is 0 Å². The molecule has 3 fully saturated rings. The van der Waals surface area contributed by atoms with E-state index in [1.54, 1.807) is 112 Å². The summed E-state index contributed by atoms with van der Waals surface area (Å²) in [6, 6.07) is 39.7. The highest BCUT2D eigenvalue weighted by molar-refractivity contribution is 9.11. The number of rotatable bonds is 23. The Morgan fingerprint density at radius 1 is 0.406 bits per heavy atom. The third-order valence-corrected chi connectivity index (χ3v) is 23.9.